The third kappa shape index (κ3) is 2.69. The van der Waals surface area contributed by atoms with Crippen molar-refractivity contribution in [1.29, 1.82) is 0 Å². The van der Waals surface area contributed by atoms with Crippen LogP contribution in [0.4, 0.5) is 0 Å². The summed E-state index contributed by atoms with van der Waals surface area (Å²) in [4.78, 5) is 4.19. The van der Waals surface area contributed by atoms with Gasteiger partial charge < -0.3 is 14.6 Å². The van der Waals surface area contributed by atoms with Crippen molar-refractivity contribution in [3.8, 4) is 11.5 Å². The Morgan fingerprint density at radius 1 is 1.11 bits per heavy atom. The fourth-order valence-electron chi connectivity index (χ4n) is 1.97. The number of ether oxygens (including phenoxy) is 2. The Morgan fingerprint density at radius 2 is 1.84 bits per heavy atom. The van der Waals surface area contributed by atoms with Gasteiger partial charge in [-0.2, -0.15) is 0 Å². The van der Waals surface area contributed by atoms with Crippen molar-refractivity contribution in [1.82, 2.24) is 4.98 Å². The van der Waals surface area contributed by atoms with Crippen LogP contribution in [0.3, 0.4) is 0 Å². The zero-order valence-corrected chi connectivity index (χ0v) is 11.3. The fourth-order valence-corrected chi connectivity index (χ4v) is 1.97. The maximum atomic E-state index is 10.5. The van der Waals surface area contributed by atoms with Crippen molar-refractivity contribution in [2.24, 2.45) is 0 Å². The van der Waals surface area contributed by atoms with E-state index in [0.29, 0.717) is 22.8 Å². The molecule has 1 aromatic heterocycles. The summed E-state index contributed by atoms with van der Waals surface area (Å²) in [6.07, 6.45) is 0.744. The molecule has 2 rings (SSSR count). The van der Waals surface area contributed by atoms with Crippen molar-refractivity contribution in [3.05, 3.63) is 53.3 Å². The van der Waals surface area contributed by atoms with Gasteiger partial charge in [0.1, 0.15) is 23.3 Å². The highest BCUT2D eigenvalue weighted by Gasteiger charge is 2.20. The number of aromatic nitrogens is 1. The maximum absolute atomic E-state index is 10.5. The van der Waals surface area contributed by atoms with Crippen LogP contribution >= 0.6 is 0 Å². The maximum Gasteiger partial charge on any atom is 0.143 e. The van der Waals surface area contributed by atoms with E-state index in [1.54, 1.807) is 32.5 Å². The Hall–Kier alpha value is -2.07. The minimum absolute atomic E-state index is 0.479. The fraction of sp³-hybridized carbons (Fsp3) is 0.267. The molecule has 4 nitrogen and oxygen atoms in total. The van der Waals surface area contributed by atoms with E-state index in [1.165, 1.54) is 0 Å². The summed E-state index contributed by atoms with van der Waals surface area (Å²) in [7, 11) is 3.14. The SMILES string of the molecule is COc1cc(C)ccc1C(O)c1ncccc1OC. The lowest BCUT2D eigenvalue weighted by Crippen LogP contribution is -2.06. The molecule has 0 fully saturated rings. The normalized spacial score (nSPS) is 12.0. The van der Waals surface area contributed by atoms with Gasteiger partial charge in [-0.15, -0.1) is 0 Å². The molecule has 0 bridgehead atoms. The number of aryl methyl sites for hydroxylation is 1. The molecule has 4 heteroatoms. The molecule has 2 aromatic rings. The van der Waals surface area contributed by atoms with E-state index in [2.05, 4.69) is 4.98 Å². The number of hydrogen-bond acceptors (Lipinski definition) is 4. The molecule has 1 heterocycles. The number of nitrogens with zero attached hydrogens (tertiary/aromatic N) is 1. The number of aliphatic hydroxyl groups is 1. The first-order valence-electron chi connectivity index (χ1n) is 5.99. The standard InChI is InChI=1S/C15H17NO3/c1-10-6-7-11(13(9-10)19-3)15(17)14-12(18-2)5-4-8-16-14/h4-9,15,17H,1-3H3. The third-order valence-corrected chi connectivity index (χ3v) is 2.96. The van der Waals surface area contributed by atoms with Gasteiger partial charge in [-0.3, -0.25) is 4.98 Å². The highest BCUT2D eigenvalue weighted by molar-refractivity contribution is 5.44. The smallest absolute Gasteiger partial charge is 0.143 e. The van der Waals surface area contributed by atoms with Crippen molar-refractivity contribution in [2.45, 2.75) is 13.0 Å². The van der Waals surface area contributed by atoms with Gasteiger partial charge in [0.25, 0.3) is 0 Å². The van der Waals surface area contributed by atoms with E-state index in [9.17, 15) is 5.11 Å². The molecule has 1 unspecified atom stereocenters. The summed E-state index contributed by atoms with van der Waals surface area (Å²) in [5, 5.41) is 10.5. The van der Waals surface area contributed by atoms with Gasteiger partial charge in [-0.05, 0) is 30.7 Å². The van der Waals surface area contributed by atoms with Gasteiger partial charge in [-0.1, -0.05) is 12.1 Å². The number of pyridine rings is 1. The van der Waals surface area contributed by atoms with Crippen LogP contribution in [0.5, 0.6) is 11.5 Å². The number of benzene rings is 1. The molecule has 0 aliphatic carbocycles. The molecule has 0 aliphatic heterocycles. The zero-order chi connectivity index (χ0) is 13.8. The lowest BCUT2D eigenvalue weighted by atomic mass is 10.0. The van der Waals surface area contributed by atoms with Crippen molar-refractivity contribution < 1.29 is 14.6 Å². The number of methoxy groups -OCH3 is 2. The minimum Gasteiger partial charge on any atom is -0.496 e. The molecule has 1 N–H and O–H groups in total. The van der Waals surface area contributed by atoms with Gasteiger partial charge in [0.2, 0.25) is 0 Å². The van der Waals surface area contributed by atoms with Crippen LogP contribution < -0.4 is 9.47 Å². The largest absolute Gasteiger partial charge is 0.496 e. The van der Waals surface area contributed by atoms with Crippen molar-refractivity contribution in [3.63, 3.8) is 0 Å². The summed E-state index contributed by atoms with van der Waals surface area (Å²) in [6.45, 7) is 1.97. The topological polar surface area (TPSA) is 51.6 Å². The first kappa shape index (κ1) is 13.4. The second-order valence-electron chi connectivity index (χ2n) is 4.24. The lowest BCUT2D eigenvalue weighted by molar-refractivity contribution is 0.204. The molecule has 1 aromatic carbocycles. The molecule has 0 aliphatic rings. The van der Waals surface area contributed by atoms with E-state index in [4.69, 9.17) is 9.47 Å². The molecule has 19 heavy (non-hydrogen) atoms. The van der Waals surface area contributed by atoms with E-state index in [0.717, 1.165) is 5.56 Å². The average molecular weight is 259 g/mol. The summed E-state index contributed by atoms with van der Waals surface area (Å²) in [5.41, 5.74) is 2.22. The summed E-state index contributed by atoms with van der Waals surface area (Å²) >= 11 is 0. The predicted molar refractivity (Wildman–Crippen MR) is 72.6 cm³/mol. The van der Waals surface area contributed by atoms with Crippen LogP contribution in [0, 0.1) is 6.92 Å². The van der Waals surface area contributed by atoms with E-state index in [-0.39, 0.29) is 0 Å². The molecule has 0 spiro atoms. The Labute approximate surface area is 112 Å². The van der Waals surface area contributed by atoms with Gasteiger partial charge in [-0.25, -0.2) is 0 Å². The molecular formula is C15H17NO3. The van der Waals surface area contributed by atoms with Gasteiger partial charge in [0.15, 0.2) is 0 Å². The van der Waals surface area contributed by atoms with Crippen molar-refractivity contribution in [2.75, 3.05) is 14.2 Å². The third-order valence-electron chi connectivity index (χ3n) is 2.96. The van der Waals surface area contributed by atoms with Crippen LogP contribution in [-0.4, -0.2) is 24.3 Å². The highest BCUT2D eigenvalue weighted by Crippen LogP contribution is 2.33. The van der Waals surface area contributed by atoms with E-state index in [1.807, 2.05) is 25.1 Å². The Morgan fingerprint density at radius 3 is 2.53 bits per heavy atom. The highest BCUT2D eigenvalue weighted by atomic mass is 16.5. The first-order valence-corrected chi connectivity index (χ1v) is 5.99. The minimum atomic E-state index is -0.883. The monoisotopic (exact) mass is 259 g/mol. The average Bonchev–Trinajstić information content (AvgIpc) is 2.46. The number of hydrogen-bond donors (Lipinski definition) is 1. The van der Waals surface area contributed by atoms with Crippen LogP contribution in [0.25, 0.3) is 0 Å². The molecule has 0 radical (unpaired) electrons. The lowest BCUT2D eigenvalue weighted by Gasteiger charge is -2.17. The van der Waals surface area contributed by atoms with Crippen LogP contribution in [0.2, 0.25) is 0 Å². The van der Waals surface area contributed by atoms with Crippen molar-refractivity contribution >= 4 is 0 Å². The second kappa shape index (κ2) is 5.71. The molecule has 0 saturated carbocycles. The van der Waals surface area contributed by atoms with Crippen LogP contribution in [0.15, 0.2) is 36.5 Å². The zero-order valence-electron chi connectivity index (χ0n) is 11.3. The Kier molecular flexibility index (Phi) is 4.02. The van der Waals surface area contributed by atoms with Gasteiger partial charge in [0.05, 0.1) is 14.2 Å². The van der Waals surface area contributed by atoms with Gasteiger partial charge >= 0.3 is 0 Å². The summed E-state index contributed by atoms with van der Waals surface area (Å²) < 4.78 is 10.5. The van der Waals surface area contributed by atoms with Crippen LogP contribution in [-0.2, 0) is 0 Å². The summed E-state index contributed by atoms with van der Waals surface area (Å²) in [5.74, 6) is 1.19. The molecule has 1 atom stereocenters. The molecule has 100 valence electrons. The van der Waals surface area contributed by atoms with E-state index < -0.39 is 6.10 Å². The Bertz CT molecular complexity index is 569. The summed E-state index contributed by atoms with van der Waals surface area (Å²) in [6, 6.07) is 9.19. The van der Waals surface area contributed by atoms with Gasteiger partial charge in [0, 0.05) is 11.8 Å². The molecule has 0 saturated heterocycles. The number of rotatable bonds is 4. The van der Waals surface area contributed by atoms with Crippen LogP contribution in [0.1, 0.15) is 22.9 Å². The Balaban J connectivity index is 2.46. The number of aliphatic hydroxyl groups excluding tert-OH is 1. The predicted octanol–water partition coefficient (Wildman–Crippen LogP) is 2.49. The molecule has 0 amide bonds. The molecular weight excluding hydrogens is 242 g/mol. The second-order valence-corrected chi connectivity index (χ2v) is 4.24. The quantitative estimate of drug-likeness (QED) is 0.916. The first-order chi connectivity index (χ1) is 9.17. The van der Waals surface area contributed by atoms with E-state index >= 15 is 0 Å².